The maximum Gasteiger partial charge on any atom is 0.259 e. The molecule has 2 unspecified atom stereocenters. The van der Waals surface area contributed by atoms with Crippen LogP contribution in [0.2, 0.25) is 0 Å². The highest BCUT2D eigenvalue weighted by Gasteiger charge is 2.68. The summed E-state index contributed by atoms with van der Waals surface area (Å²) in [6.07, 6.45) is 0. The van der Waals surface area contributed by atoms with Crippen LogP contribution in [0.25, 0.3) is 0 Å². The van der Waals surface area contributed by atoms with Crippen LogP contribution in [0.15, 0.2) is 30.3 Å². The van der Waals surface area contributed by atoms with Gasteiger partial charge in [-0.1, -0.05) is 34.1 Å². The van der Waals surface area contributed by atoms with Crippen LogP contribution in [-0.4, -0.2) is 12.9 Å². The molecule has 0 spiro atoms. The highest BCUT2D eigenvalue weighted by Crippen LogP contribution is 2.60. The average molecular weight is 466 g/mol. The number of rotatable bonds is 3. The van der Waals surface area contributed by atoms with Crippen molar-refractivity contribution in [2.24, 2.45) is 0 Å². The van der Waals surface area contributed by atoms with Gasteiger partial charge in [0, 0.05) is 0 Å². The molecule has 82 valence electrons. The minimum Gasteiger partial charge on any atom is -0.462 e. The van der Waals surface area contributed by atoms with Crippen molar-refractivity contribution < 1.29 is 9.47 Å². The van der Waals surface area contributed by atoms with E-state index in [1.54, 1.807) is 0 Å². The van der Waals surface area contributed by atoms with E-state index >= 15 is 0 Å². The first-order valence-electron chi connectivity index (χ1n) is 4.08. The number of hydrogen-bond acceptors (Lipinski definition) is 2. The molecule has 1 heterocycles. The summed E-state index contributed by atoms with van der Waals surface area (Å²) in [5.41, 5.74) is 0. The monoisotopic (exact) mass is 462 g/mol. The Hall–Kier alpha value is 0.900. The summed E-state index contributed by atoms with van der Waals surface area (Å²) in [5, 5.41) is -0.0903. The fourth-order valence-electron chi connectivity index (χ4n) is 1.02. The molecule has 1 aliphatic heterocycles. The number of benzene rings is 1. The van der Waals surface area contributed by atoms with Gasteiger partial charge in [0.25, 0.3) is 3.42 Å². The SMILES string of the molecule is BrC1OC1(Br)C(Br)(Br)Oc1ccccc1. The zero-order valence-electron chi connectivity index (χ0n) is 7.29. The Morgan fingerprint density at radius 3 is 2.27 bits per heavy atom. The van der Waals surface area contributed by atoms with Crippen LogP contribution in [0.1, 0.15) is 0 Å². The molecule has 0 radical (unpaired) electrons. The molecule has 0 saturated carbocycles. The van der Waals surface area contributed by atoms with Gasteiger partial charge in [-0.3, -0.25) is 0 Å². The summed E-state index contributed by atoms with van der Waals surface area (Å²) in [4.78, 5) is 0. The normalized spacial score (nSPS) is 30.0. The molecule has 0 aromatic heterocycles. The van der Waals surface area contributed by atoms with Gasteiger partial charge in [-0.25, -0.2) is 0 Å². The number of alkyl halides is 4. The van der Waals surface area contributed by atoms with E-state index in [2.05, 4.69) is 63.7 Å². The molecule has 1 saturated heterocycles. The Morgan fingerprint density at radius 2 is 1.80 bits per heavy atom. The van der Waals surface area contributed by atoms with Gasteiger partial charge in [0.05, 0.1) is 0 Å². The van der Waals surface area contributed by atoms with Crippen molar-refractivity contribution in [3.63, 3.8) is 0 Å². The van der Waals surface area contributed by atoms with Gasteiger partial charge in [0.15, 0.2) is 5.01 Å². The molecule has 0 aliphatic carbocycles. The summed E-state index contributed by atoms with van der Waals surface area (Å²) in [5.74, 6) is 0.750. The van der Waals surface area contributed by atoms with Crippen molar-refractivity contribution in [2.45, 2.75) is 12.9 Å². The van der Waals surface area contributed by atoms with Gasteiger partial charge in [-0.15, -0.1) is 0 Å². The van der Waals surface area contributed by atoms with Crippen molar-refractivity contribution in [3.05, 3.63) is 30.3 Å². The quantitative estimate of drug-likeness (QED) is 0.489. The Kier molecular flexibility index (Phi) is 3.54. The van der Waals surface area contributed by atoms with Crippen molar-refractivity contribution in [1.82, 2.24) is 0 Å². The molecule has 1 aromatic carbocycles. The Bertz CT molecular complexity index is 356. The van der Waals surface area contributed by atoms with Gasteiger partial charge < -0.3 is 9.47 Å². The highest BCUT2D eigenvalue weighted by molar-refractivity contribution is 9.26. The molecule has 1 aromatic rings. The lowest BCUT2D eigenvalue weighted by Gasteiger charge is -2.24. The molecule has 1 aliphatic rings. The fraction of sp³-hybridized carbons (Fsp3) is 0.333. The second kappa shape index (κ2) is 4.29. The van der Waals surface area contributed by atoms with E-state index in [4.69, 9.17) is 9.47 Å². The first-order valence-corrected chi connectivity index (χ1v) is 7.38. The Morgan fingerprint density at radius 1 is 1.27 bits per heavy atom. The van der Waals surface area contributed by atoms with Gasteiger partial charge in [0.1, 0.15) is 5.75 Å². The number of para-hydroxylation sites is 1. The molecule has 15 heavy (non-hydrogen) atoms. The minimum absolute atomic E-state index is 0.0903. The van der Waals surface area contributed by atoms with E-state index < -0.39 is 7.93 Å². The summed E-state index contributed by atoms with van der Waals surface area (Å²) < 4.78 is 9.68. The lowest BCUT2D eigenvalue weighted by atomic mass is 10.3. The summed E-state index contributed by atoms with van der Waals surface area (Å²) in [6.45, 7) is 0. The van der Waals surface area contributed by atoms with E-state index in [1.807, 2.05) is 30.3 Å². The van der Waals surface area contributed by atoms with Crippen molar-refractivity contribution in [1.29, 1.82) is 0 Å². The van der Waals surface area contributed by atoms with Crippen molar-refractivity contribution in [3.8, 4) is 5.75 Å². The topological polar surface area (TPSA) is 21.8 Å². The summed E-state index contributed by atoms with van der Waals surface area (Å²) in [6, 6.07) is 9.50. The van der Waals surface area contributed by atoms with Crippen molar-refractivity contribution in [2.75, 3.05) is 0 Å². The van der Waals surface area contributed by atoms with Crippen LogP contribution in [-0.2, 0) is 4.74 Å². The van der Waals surface area contributed by atoms with E-state index in [9.17, 15) is 0 Å². The molecule has 2 nitrogen and oxygen atoms in total. The van der Waals surface area contributed by atoms with E-state index in [0.29, 0.717) is 0 Å². The second-order valence-corrected chi connectivity index (χ2v) is 8.32. The highest BCUT2D eigenvalue weighted by atomic mass is 79.9. The Balaban J connectivity index is 2.12. The van der Waals surface area contributed by atoms with Crippen LogP contribution in [0, 0.1) is 0 Å². The lowest BCUT2D eigenvalue weighted by Crippen LogP contribution is -2.35. The Labute approximate surface area is 121 Å². The molecule has 0 N–H and O–H groups in total. The summed E-state index contributed by atoms with van der Waals surface area (Å²) >= 11 is 13.7. The first kappa shape index (κ1) is 12.4. The molecular weight excluding hydrogens is 460 g/mol. The third-order valence-electron chi connectivity index (χ3n) is 1.90. The smallest absolute Gasteiger partial charge is 0.259 e. The number of ether oxygens (including phenoxy) is 2. The van der Waals surface area contributed by atoms with Crippen LogP contribution >= 0.6 is 63.7 Å². The van der Waals surface area contributed by atoms with Crippen LogP contribution < -0.4 is 4.74 Å². The van der Waals surface area contributed by atoms with Gasteiger partial charge in [-0.2, -0.15) is 0 Å². The van der Waals surface area contributed by atoms with Gasteiger partial charge in [-0.05, 0) is 59.9 Å². The van der Waals surface area contributed by atoms with Crippen LogP contribution in [0.3, 0.4) is 0 Å². The molecule has 2 atom stereocenters. The van der Waals surface area contributed by atoms with Crippen molar-refractivity contribution >= 4 is 63.7 Å². The fourth-order valence-corrected chi connectivity index (χ4v) is 3.75. The lowest BCUT2D eigenvalue weighted by molar-refractivity contribution is 0.205. The molecule has 0 bridgehead atoms. The summed E-state index contributed by atoms with van der Waals surface area (Å²) in [7, 11) is 0. The predicted octanol–water partition coefficient (Wildman–Crippen LogP) is 4.35. The first-order chi connectivity index (χ1) is 6.96. The van der Waals surface area contributed by atoms with E-state index in [1.165, 1.54) is 0 Å². The molecule has 0 amide bonds. The van der Waals surface area contributed by atoms with Gasteiger partial charge in [0.2, 0.25) is 4.51 Å². The third-order valence-corrected chi connectivity index (χ3v) is 7.07. The molecule has 6 heteroatoms. The number of epoxide rings is 1. The van der Waals surface area contributed by atoms with Crippen LogP contribution in [0.4, 0.5) is 0 Å². The largest absolute Gasteiger partial charge is 0.462 e. The van der Waals surface area contributed by atoms with Crippen LogP contribution in [0.5, 0.6) is 5.75 Å². The minimum atomic E-state index is -0.803. The standard InChI is InChI=1S/C9H6Br4O2/c10-7-8(11,15-7)9(12,13)14-6-4-2-1-3-5-6/h1-5,7H. The molecule has 1 fully saturated rings. The van der Waals surface area contributed by atoms with Gasteiger partial charge >= 0.3 is 0 Å². The predicted molar refractivity (Wildman–Crippen MR) is 73.1 cm³/mol. The average Bonchev–Trinajstić information content (AvgIpc) is 2.77. The number of hydrogen-bond donors (Lipinski definition) is 0. The maximum absolute atomic E-state index is 5.73. The number of halogens is 4. The maximum atomic E-state index is 5.73. The zero-order chi connectivity index (χ0) is 11.1. The molecule has 2 rings (SSSR count). The molecular formula is C9H6Br4O2. The van der Waals surface area contributed by atoms with E-state index in [-0.39, 0.29) is 5.01 Å². The zero-order valence-corrected chi connectivity index (χ0v) is 13.6. The second-order valence-electron chi connectivity index (χ2n) is 3.01. The third kappa shape index (κ3) is 2.44. The van der Waals surface area contributed by atoms with E-state index in [0.717, 1.165) is 5.75 Å².